The molecule has 1 atom stereocenters. The van der Waals surface area contributed by atoms with E-state index < -0.39 is 0 Å². The quantitative estimate of drug-likeness (QED) is 0.709. The van der Waals surface area contributed by atoms with Gasteiger partial charge in [-0.25, -0.2) is 0 Å². The van der Waals surface area contributed by atoms with Gasteiger partial charge in [-0.3, -0.25) is 9.97 Å². The summed E-state index contributed by atoms with van der Waals surface area (Å²) < 4.78 is 11.9. The molecule has 0 aliphatic heterocycles. The van der Waals surface area contributed by atoms with Crippen LogP contribution in [0.25, 0.3) is 10.2 Å². The van der Waals surface area contributed by atoms with Crippen LogP contribution in [0.1, 0.15) is 34.9 Å². The first kappa shape index (κ1) is 15.5. The topological polar surface area (TPSA) is 56.3 Å². The number of nitrogens with zero attached hydrogens (tertiary/aromatic N) is 2. The van der Waals surface area contributed by atoms with Crippen LogP contribution in [0.3, 0.4) is 0 Å². The van der Waals surface area contributed by atoms with Crippen LogP contribution < -0.4 is 5.32 Å². The minimum Gasteiger partial charge on any atom is -0.377 e. The Balaban J connectivity index is 1.68. The number of thiophene rings is 1. The zero-order chi connectivity index (χ0) is 16.5. The molecule has 0 radical (unpaired) electrons. The van der Waals surface area contributed by atoms with Crippen molar-refractivity contribution < 1.29 is 9.47 Å². The number of pyridine rings is 2. The predicted octanol–water partition coefficient (Wildman–Crippen LogP) is 4.08. The number of aryl methyl sites for hydroxylation is 1. The number of anilines is 1. The van der Waals surface area contributed by atoms with Crippen LogP contribution in [0, 0.1) is 0 Å². The average Bonchev–Trinajstić information content (AvgIpc) is 3.21. The lowest BCUT2D eigenvalue weighted by molar-refractivity contribution is -0.103. The number of ether oxygens (including phenoxy) is 2. The van der Waals surface area contributed by atoms with Crippen molar-refractivity contribution in [1.29, 1.82) is 0 Å². The van der Waals surface area contributed by atoms with E-state index in [1.54, 1.807) is 25.6 Å². The summed E-state index contributed by atoms with van der Waals surface area (Å²) in [5.41, 5.74) is 4.56. The second-order valence-electron chi connectivity index (χ2n) is 5.80. The Hall–Kier alpha value is -2.02. The van der Waals surface area contributed by atoms with Gasteiger partial charge in [0.05, 0.1) is 26.8 Å². The summed E-state index contributed by atoms with van der Waals surface area (Å²) in [7, 11) is 3.29. The van der Waals surface area contributed by atoms with Gasteiger partial charge in [0, 0.05) is 32.3 Å². The number of nitrogens with one attached hydrogen (secondary N) is 1. The summed E-state index contributed by atoms with van der Waals surface area (Å²) in [6, 6.07) is 8.53. The largest absolute Gasteiger partial charge is 0.377 e. The monoisotopic (exact) mass is 341 g/mol. The molecular weight excluding hydrogens is 322 g/mol. The van der Waals surface area contributed by atoms with Gasteiger partial charge < -0.3 is 14.8 Å². The van der Waals surface area contributed by atoms with E-state index in [9.17, 15) is 0 Å². The highest BCUT2D eigenvalue weighted by molar-refractivity contribution is 7.19. The van der Waals surface area contributed by atoms with Gasteiger partial charge in [0.15, 0.2) is 6.29 Å². The van der Waals surface area contributed by atoms with Gasteiger partial charge in [0.2, 0.25) is 0 Å². The minimum atomic E-state index is -0.353. The minimum absolute atomic E-state index is 0.297. The summed E-state index contributed by atoms with van der Waals surface area (Å²) in [6.07, 6.45) is 5.44. The summed E-state index contributed by atoms with van der Waals surface area (Å²) >= 11 is 1.66. The molecule has 0 saturated heterocycles. The maximum Gasteiger partial charge on any atom is 0.192 e. The van der Waals surface area contributed by atoms with Gasteiger partial charge in [0.25, 0.3) is 0 Å². The maximum atomic E-state index is 5.37. The second-order valence-corrected chi connectivity index (χ2v) is 6.88. The van der Waals surface area contributed by atoms with Crippen molar-refractivity contribution >= 4 is 27.2 Å². The number of fused-ring (bicyclic) bond motifs is 2. The zero-order valence-electron chi connectivity index (χ0n) is 13.7. The predicted molar refractivity (Wildman–Crippen MR) is 95.3 cm³/mol. The lowest BCUT2D eigenvalue weighted by Gasteiger charge is -2.15. The van der Waals surface area contributed by atoms with E-state index in [0.717, 1.165) is 33.6 Å². The van der Waals surface area contributed by atoms with Crippen molar-refractivity contribution in [1.82, 2.24) is 9.97 Å². The molecule has 1 aliphatic rings. The Morgan fingerprint density at radius 3 is 2.92 bits per heavy atom. The molecule has 0 bridgehead atoms. The fourth-order valence-electron chi connectivity index (χ4n) is 3.27. The van der Waals surface area contributed by atoms with Crippen LogP contribution in [-0.2, 0) is 15.9 Å². The van der Waals surface area contributed by atoms with Crippen LogP contribution in [0.2, 0.25) is 0 Å². The second kappa shape index (κ2) is 6.47. The van der Waals surface area contributed by atoms with Gasteiger partial charge in [-0.05, 0) is 36.6 Å². The molecule has 1 aliphatic carbocycles. The molecule has 124 valence electrons. The molecule has 0 spiro atoms. The molecule has 3 aromatic rings. The average molecular weight is 341 g/mol. The van der Waals surface area contributed by atoms with E-state index in [4.69, 9.17) is 9.47 Å². The smallest absolute Gasteiger partial charge is 0.192 e. The molecule has 0 saturated carbocycles. The molecule has 3 aromatic heterocycles. The molecule has 5 nitrogen and oxygen atoms in total. The van der Waals surface area contributed by atoms with Gasteiger partial charge in [-0.1, -0.05) is 6.07 Å². The third-order valence-electron chi connectivity index (χ3n) is 4.39. The molecule has 0 fully saturated rings. The molecule has 1 N–H and O–H groups in total. The third-order valence-corrected chi connectivity index (χ3v) is 5.57. The van der Waals surface area contributed by atoms with Crippen LogP contribution in [-0.4, -0.2) is 24.2 Å². The summed E-state index contributed by atoms with van der Waals surface area (Å²) in [5, 5.41) is 3.68. The van der Waals surface area contributed by atoms with E-state index in [0.29, 0.717) is 6.04 Å². The van der Waals surface area contributed by atoms with Crippen molar-refractivity contribution in [3.05, 3.63) is 52.8 Å². The molecule has 0 amide bonds. The highest BCUT2D eigenvalue weighted by atomic mass is 32.1. The first-order chi connectivity index (χ1) is 11.8. The SMILES string of the molecule is COC(OC)c1cc2nccc(N[C@@H]3CCc4ncccc43)c2s1. The normalized spacial score (nSPS) is 16.7. The van der Waals surface area contributed by atoms with E-state index >= 15 is 0 Å². The van der Waals surface area contributed by atoms with E-state index in [2.05, 4.69) is 21.4 Å². The molecule has 3 heterocycles. The highest BCUT2D eigenvalue weighted by Crippen LogP contribution is 2.38. The lowest BCUT2D eigenvalue weighted by atomic mass is 10.1. The van der Waals surface area contributed by atoms with Crippen molar-refractivity contribution in [3.8, 4) is 0 Å². The molecule has 24 heavy (non-hydrogen) atoms. The van der Waals surface area contributed by atoms with Gasteiger partial charge in [-0.15, -0.1) is 11.3 Å². The van der Waals surface area contributed by atoms with Crippen molar-refractivity contribution in [2.24, 2.45) is 0 Å². The molecule has 4 rings (SSSR count). The Morgan fingerprint density at radius 2 is 2.08 bits per heavy atom. The third kappa shape index (κ3) is 2.66. The number of methoxy groups -OCH3 is 2. The zero-order valence-corrected chi connectivity index (χ0v) is 14.5. The Bertz CT molecular complexity index is 860. The maximum absolute atomic E-state index is 5.37. The number of aromatic nitrogens is 2. The Kier molecular flexibility index (Phi) is 4.18. The first-order valence-electron chi connectivity index (χ1n) is 7.94. The molecule has 0 aromatic carbocycles. The lowest BCUT2D eigenvalue weighted by Crippen LogP contribution is -2.07. The van der Waals surface area contributed by atoms with Crippen LogP contribution in [0.15, 0.2) is 36.7 Å². The standard InChI is InChI=1S/C18H19N3O2S/c1-22-18(23-2)16-10-15-17(24-16)14(7-9-20-15)21-13-6-5-12-11(13)4-3-8-19-12/h3-4,7-10,13,18H,5-6H2,1-2H3,(H,20,21)/t13-/m1/s1. The summed E-state index contributed by atoms with van der Waals surface area (Å²) in [6.45, 7) is 0. The molecule has 0 unspecified atom stereocenters. The van der Waals surface area contributed by atoms with Gasteiger partial charge in [0.1, 0.15) is 0 Å². The fourth-order valence-corrected chi connectivity index (χ4v) is 4.41. The number of rotatable bonds is 5. The summed E-state index contributed by atoms with van der Waals surface area (Å²) in [5.74, 6) is 0. The fraction of sp³-hybridized carbons (Fsp3) is 0.333. The van der Waals surface area contributed by atoms with Crippen molar-refractivity contribution in [2.75, 3.05) is 19.5 Å². The molecular formula is C18H19N3O2S. The number of hydrogen-bond donors (Lipinski definition) is 1. The van der Waals surface area contributed by atoms with E-state index in [1.807, 2.05) is 30.6 Å². The summed E-state index contributed by atoms with van der Waals surface area (Å²) in [4.78, 5) is 9.98. The highest BCUT2D eigenvalue weighted by Gasteiger charge is 2.24. The van der Waals surface area contributed by atoms with Crippen LogP contribution >= 0.6 is 11.3 Å². The van der Waals surface area contributed by atoms with Gasteiger partial charge in [-0.2, -0.15) is 0 Å². The van der Waals surface area contributed by atoms with Crippen molar-refractivity contribution in [3.63, 3.8) is 0 Å². The Morgan fingerprint density at radius 1 is 1.21 bits per heavy atom. The Labute approximate surface area is 144 Å². The number of hydrogen-bond acceptors (Lipinski definition) is 6. The van der Waals surface area contributed by atoms with Gasteiger partial charge >= 0.3 is 0 Å². The first-order valence-corrected chi connectivity index (χ1v) is 8.76. The van der Waals surface area contributed by atoms with Crippen LogP contribution in [0.5, 0.6) is 0 Å². The van der Waals surface area contributed by atoms with E-state index in [1.165, 1.54) is 11.3 Å². The van der Waals surface area contributed by atoms with Crippen molar-refractivity contribution in [2.45, 2.75) is 25.2 Å². The molecule has 6 heteroatoms. The van der Waals surface area contributed by atoms with E-state index in [-0.39, 0.29) is 6.29 Å². The van der Waals surface area contributed by atoms with Crippen LogP contribution in [0.4, 0.5) is 5.69 Å².